The Hall–Kier alpha value is -2.34. The molecule has 0 spiro atoms. The van der Waals surface area contributed by atoms with Gasteiger partial charge in [-0.15, -0.1) is 0 Å². The minimum absolute atomic E-state index is 0.0487. The molecule has 5 atom stereocenters. The van der Waals surface area contributed by atoms with Crippen molar-refractivity contribution in [3.8, 4) is 0 Å². The van der Waals surface area contributed by atoms with Crippen molar-refractivity contribution in [2.45, 2.75) is 70.1 Å². The van der Waals surface area contributed by atoms with Crippen molar-refractivity contribution in [2.24, 2.45) is 11.7 Å². The lowest BCUT2D eigenvalue weighted by Gasteiger charge is -2.28. The number of hydrogen-bond donors (Lipinski definition) is 6. The number of nitrogens with zero attached hydrogens (tertiary/aromatic N) is 1. The van der Waals surface area contributed by atoms with Gasteiger partial charge in [0, 0.05) is 18.7 Å². The fourth-order valence-corrected chi connectivity index (χ4v) is 3.57. The third-order valence-corrected chi connectivity index (χ3v) is 5.78. The molecule has 31 heavy (non-hydrogen) atoms. The first-order chi connectivity index (χ1) is 14.5. The Bertz CT molecular complexity index is 690. The van der Waals surface area contributed by atoms with Gasteiger partial charge in [-0.05, 0) is 25.2 Å². The molecule has 1 rings (SSSR count). The van der Waals surface area contributed by atoms with Crippen LogP contribution in [0.2, 0.25) is 0 Å². The second-order valence-corrected chi connectivity index (χ2v) is 8.05. The standard InChI is InChI=1S/C19H32N4O7S/c1-3-10(2)15(19(29)30)22-16(26)12(9-31)21-17(27)13-5-4-8-23(13)18(28)11(20)6-7-14(24)25/h10-13,15,31H,3-9,20H2,1-2H3,(H,21,27)(H,22,26)(H,24,25)(H,29,30). The Morgan fingerprint density at radius 3 is 2.35 bits per heavy atom. The third-order valence-electron chi connectivity index (χ3n) is 5.42. The Balaban J connectivity index is 2.79. The molecule has 5 unspecified atom stereocenters. The lowest BCUT2D eigenvalue weighted by atomic mass is 9.99. The fraction of sp³-hybridized carbons (Fsp3) is 0.737. The zero-order valence-corrected chi connectivity index (χ0v) is 18.6. The van der Waals surface area contributed by atoms with E-state index >= 15 is 0 Å². The zero-order valence-electron chi connectivity index (χ0n) is 17.7. The topological polar surface area (TPSA) is 179 Å². The van der Waals surface area contributed by atoms with E-state index in [4.69, 9.17) is 10.8 Å². The summed E-state index contributed by atoms with van der Waals surface area (Å²) >= 11 is 4.08. The first-order valence-electron chi connectivity index (χ1n) is 10.3. The van der Waals surface area contributed by atoms with Crippen LogP contribution >= 0.6 is 12.6 Å². The van der Waals surface area contributed by atoms with Gasteiger partial charge in [-0.3, -0.25) is 19.2 Å². The van der Waals surface area contributed by atoms with Crippen LogP contribution in [0.25, 0.3) is 0 Å². The van der Waals surface area contributed by atoms with E-state index in [1.54, 1.807) is 13.8 Å². The van der Waals surface area contributed by atoms with E-state index in [2.05, 4.69) is 23.3 Å². The van der Waals surface area contributed by atoms with Gasteiger partial charge in [0.2, 0.25) is 17.7 Å². The van der Waals surface area contributed by atoms with E-state index in [-0.39, 0.29) is 24.5 Å². The molecule has 1 fully saturated rings. The largest absolute Gasteiger partial charge is 0.481 e. The SMILES string of the molecule is CCC(C)C(NC(=O)C(CS)NC(=O)C1CCCN1C(=O)C(N)CCC(=O)O)C(=O)O. The highest BCUT2D eigenvalue weighted by Crippen LogP contribution is 2.19. The number of hydrogen-bond acceptors (Lipinski definition) is 7. The van der Waals surface area contributed by atoms with Crippen molar-refractivity contribution in [1.29, 1.82) is 0 Å². The van der Waals surface area contributed by atoms with Crippen molar-refractivity contribution >= 4 is 42.3 Å². The summed E-state index contributed by atoms with van der Waals surface area (Å²) in [6, 6.07) is -4.07. The van der Waals surface area contributed by atoms with Crippen molar-refractivity contribution in [2.75, 3.05) is 12.3 Å². The highest BCUT2D eigenvalue weighted by atomic mass is 32.1. The normalized spacial score (nSPS) is 19.7. The van der Waals surface area contributed by atoms with Crippen LogP contribution in [0.1, 0.15) is 46.0 Å². The summed E-state index contributed by atoms with van der Waals surface area (Å²) in [5.74, 6) is -4.38. The maximum atomic E-state index is 12.8. The summed E-state index contributed by atoms with van der Waals surface area (Å²) < 4.78 is 0. The number of rotatable bonds is 12. The number of carbonyl (C=O) groups is 5. The Kier molecular flexibility index (Phi) is 10.8. The van der Waals surface area contributed by atoms with Gasteiger partial charge in [-0.1, -0.05) is 20.3 Å². The predicted molar refractivity (Wildman–Crippen MR) is 114 cm³/mol. The number of carboxylic acids is 2. The van der Waals surface area contributed by atoms with Crippen molar-refractivity contribution in [1.82, 2.24) is 15.5 Å². The Morgan fingerprint density at radius 2 is 1.84 bits per heavy atom. The molecule has 0 aliphatic carbocycles. The first kappa shape index (κ1) is 26.7. The molecule has 11 nitrogen and oxygen atoms in total. The molecule has 6 N–H and O–H groups in total. The molecule has 1 saturated heterocycles. The molecule has 0 bridgehead atoms. The van der Waals surface area contributed by atoms with E-state index < -0.39 is 53.8 Å². The van der Waals surface area contributed by atoms with E-state index in [0.29, 0.717) is 25.8 Å². The second-order valence-electron chi connectivity index (χ2n) is 7.68. The maximum absolute atomic E-state index is 12.8. The lowest BCUT2D eigenvalue weighted by molar-refractivity contribution is -0.144. The Morgan fingerprint density at radius 1 is 1.19 bits per heavy atom. The van der Waals surface area contributed by atoms with Crippen LogP contribution in [0.3, 0.4) is 0 Å². The van der Waals surface area contributed by atoms with E-state index in [9.17, 15) is 29.1 Å². The van der Waals surface area contributed by atoms with Crippen LogP contribution in [0.5, 0.6) is 0 Å². The van der Waals surface area contributed by atoms with Gasteiger partial charge in [0.1, 0.15) is 18.1 Å². The van der Waals surface area contributed by atoms with Crippen LogP contribution in [-0.4, -0.2) is 81.2 Å². The van der Waals surface area contributed by atoms with Crippen LogP contribution in [0, 0.1) is 5.92 Å². The summed E-state index contributed by atoms with van der Waals surface area (Å²) in [6.45, 7) is 3.80. The summed E-state index contributed by atoms with van der Waals surface area (Å²) in [5.41, 5.74) is 5.79. The van der Waals surface area contributed by atoms with Crippen LogP contribution in [0.15, 0.2) is 0 Å². The quantitative estimate of drug-likeness (QED) is 0.205. The predicted octanol–water partition coefficient (Wildman–Crippen LogP) is -0.800. The van der Waals surface area contributed by atoms with Crippen molar-refractivity contribution < 1.29 is 34.2 Å². The molecule has 0 aromatic rings. The molecule has 0 aromatic heterocycles. The summed E-state index contributed by atoms with van der Waals surface area (Å²) in [7, 11) is 0. The molecule has 3 amide bonds. The molecule has 0 saturated carbocycles. The van der Waals surface area contributed by atoms with Gasteiger partial charge in [-0.2, -0.15) is 12.6 Å². The molecule has 0 radical (unpaired) electrons. The van der Waals surface area contributed by atoms with Gasteiger partial charge in [0.25, 0.3) is 0 Å². The summed E-state index contributed by atoms with van der Waals surface area (Å²) in [6.07, 6.45) is 1.15. The molecular weight excluding hydrogens is 428 g/mol. The molecular formula is C19H32N4O7S. The highest BCUT2D eigenvalue weighted by molar-refractivity contribution is 7.80. The Labute approximate surface area is 186 Å². The fourth-order valence-electron chi connectivity index (χ4n) is 3.32. The first-order valence-corrected chi connectivity index (χ1v) is 10.9. The molecule has 0 aromatic carbocycles. The minimum atomic E-state index is -1.17. The number of nitrogens with two attached hydrogens (primary N) is 1. The smallest absolute Gasteiger partial charge is 0.326 e. The number of thiol groups is 1. The van der Waals surface area contributed by atoms with Crippen LogP contribution in [-0.2, 0) is 24.0 Å². The number of carboxylic acid groups (broad SMARTS) is 2. The van der Waals surface area contributed by atoms with Gasteiger partial charge in [-0.25, -0.2) is 4.79 Å². The number of likely N-dealkylation sites (tertiary alicyclic amines) is 1. The zero-order chi connectivity index (χ0) is 23.7. The van der Waals surface area contributed by atoms with E-state index in [1.807, 2.05) is 0 Å². The molecule has 176 valence electrons. The minimum Gasteiger partial charge on any atom is -0.481 e. The number of aliphatic carboxylic acids is 2. The van der Waals surface area contributed by atoms with Gasteiger partial charge >= 0.3 is 11.9 Å². The van der Waals surface area contributed by atoms with E-state index in [1.165, 1.54) is 4.90 Å². The van der Waals surface area contributed by atoms with Gasteiger partial charge in [0.05, 0.1) is 6.04 Å². The maximum Gasteiger partial charge on any atom is 0.326 e. The molecule has 1 aliphatic heterocycles. The number of nitrogens with one attached hydrogen (secondary N) is 2. The number of amides is 3. The summed E-state index contributed by atoms with van der Waals surface area (Å²) in [4.78, 5) is 61.3. The summed E-state index contributed by atoms with van der Waals surface area (Å²) in [5, 5.41) is 23.1. The van der Waals surface area contributed by atoms with Gasteiger partial charge < -0.3 is 31.5 Å². The second kappa shape index (κ2) is 12.5. The third kappa shape index (κ3) is 7.69. The molecule has 1 aliphatic rings. The average molecular weight is 461 g/mol. The van der Waals surface area contributed by atoms with Crippen molar-refractivity contribution in [3.05, 3.63) is 0 Å². The number of carbonyl (C=O) groups excluding carboxylic acids is 3. The van der Waals surface area contributed by atoms with E-state index in [0.717, 1.165) is 0 Å². The van der Waals surface area contributed by atoms with Gasteiger partial charge in [0.15, 0.2) is 0 Å². The lowest BCUT2D eigenvalue weighted by Crippen LogP contribution is -2.57. The van der Waals surface area contributed by atoms with Crippen molar-refractivity contribution in [3.63, 3.8) is 0 Å². The molecule has 1 heterocycles. The highest BCUT2D eigenvalue weighted by Gasteiger charge is 2.38. The van der Waals surface area contributed by atoms with Crippen LogP contribution < -0.4 is 16.4 Å². The average Bonchev–Trinajstić information content (AvgIpc) is 3.22. The monoisotopic (exact) mass is 460 g/mol. The molecule has 12 heteroatoms. The van der Waals surface area contributed by atoms with Crippen LogP contribution in [0.4, 0.5) is 0 Å².